The number of hydrogen-bond acceptors (Lipinski definition) is 16. The van der Waals surface area contributed by atoms with E-state index >= 15 is 0 Å². The molecular weight excluding hydrogens is 688 g/mol. The number of carboxylic acid groups (broad SMARTS) is 3. The molecule has 0 aromatic heterocycles. The fourth-order valence-electron chi connectivity index (χ4n) is 4.74. The van der Waals surface area contributed by atoms with Crippen molar-refractivity contribution in [2.24, 2.45) is 0 Å². The Balaban J connectivity index is 2.85. The summed E-state index contributed by atoms with van der Waals surface area (Å²) in [4.78, 5) is 96.2. The number of rotatable bonds is 21. The lowest BCUT2D eigenvalue weighted by Crippen LogP contribution is -2.68. The Kier molecular flexibility index (Phi) is 18.4. The molecule has 1 fully saturated rings. The van der Waals surface area contributed by atoms with Crippen molar-refractivity contribution in [1.82, 2.24) is 26.6 Å². The van der Waals surface area contributed by atoms with Crippen LogP contribution in [0.2, 0.25) is 0 Å². The van der Waals surface area contributed by atoms with Gasteiger partial charge in [-0.1, -0.05) is 0 Å². The van der Waals surface area contributed by atoms with E-state index in [4.69, 9.17) is 9.47 Å². The van der Waals surface area contributed by atoms with Gasteiger partial charge in [-0.2, -0.15) is 0 Å². The fourth-order valence-corrected chi connectivity index (χ4v) is 4.74. The molecule has 0 saturated carbocycles. The van der Waals surface area contributed by atoms with E-state index in [1.807, 2.05) is 0 Å². The number of aliphatic hydroxyl groups is 3. The monoisotopic (exact) mass is 734 g/mol. The molecule has 1 unspecified atom stereocenters. The average Bonchev–Trinajstić information content (AvgIpc) is 3.04. The van der Waals surface area contributed by atoms with Crippen molar-refractivity contribution in [2.75, 3.05) is 6.61 Å². The highest BCUT2D eigenvalue weighted by molar-refractivity contribution is 5.92. The standard InChI is InChI=1S/C29H48N6O16/c1-11(31-24(41)13(3)50-22-20(33-14(4)37)29(49)51-18(10-36)21(22)39)23(40)35-17(28(47)48)8-9-19(38)34-16(7-5-6-15(30)27(45)46)25(42)32-12(2)26(43)44/h11-13,15-18,20-22,29,36,39,49H,5-10,30H2,1-4H3,(H,31,41)(H,32,42)(H,33,37)(H,34,38)(H,35,40)(H,43,44)(H,45,46)(H,47,48)/p-2/t11-,12+,13+,15+,16-,17+,18+,20+,21+,22+,29?/m0/s1. The second-order valence-electron chi connectivity index (χ2n) is 12.0. The van der Waals surface area contributed by atoms with E-state index in [1.165, 1.54) is 13.8 Å². The quantitative estimate of drug-likeness (QED) is 0.0528. The van der Waals surface area contributed by atoms with Crippen LogP contribution >= 0.6 is 0 Å². The minimum Gasteiger partial charge on any atom is -0.548 e. The Labute approximate surface area is 291 Å². The summed E-state index contributed by atoms with van der Waals surface area (Å²) in [6.45, 7) is 3.87. The SMILES string of the molecule is CC(=O)N[C@H]1C(O)O[C@H](CO)[C@@H](O)[C@@H]1O[C@H](C)C(=O)N[C@@H](C)C(=O)N[C@H](CCC(=O)N[C@@H](CCC[C@@H]([NH3+])C(=O)[O-])C(=O)N[C@H](C)C(=O)[O-])C(=O)[O-]. The Morgan fingerprint density at radius 1 is 0.784 bits per heavy atom. The third-order valence-electron chi connectivity index (χ3n) is 7.73. The minimum absolute atomic E-state index is 0.0428. The zero-order valence-electron chi connectivity index (χ0n) is 28.4. The first kappa shape index (κ1) is 44.5. The van der Waals surface area contributed by atoms with Crippen LogP contribution in [0.15, 0.2) is 0 Å². The van der Waals surface area contributed by atoms with E-state index in [0.717, 1.165) is 13.8 Å². The van der Waals surface area contributed by atoms with Crippen LogP contribution in [0.4, 0.5) is 0 Å². The van der Waals surface area contributed by atoms with Gasteiger partial charge in [0.25, 0.3) is 0 Å². The van der Waals surface area contributed by atoms with Crippen LogP contribution in [-0.2, 0) is 47.8 Å². The summed E-state index contributed by atoms with van der Waals surface area (Å²) in [6, 6.07) is -8.48. The first-order chi connectivity index (χ1) is 23.7. The van der Waals surface area contributed by atoms with Crippen LogP contribution in [0.1, 0.15) is 59.8 Å². The summed E-state index contributed by atoms with van der Waals surface area (Å²) in [5.41, 5.74) is 3.38. The van der Waals surface area contributed by atoms with Gasteiger partial charge in [-0.3, -0.25) is 24.0 Å². The molecule has 22 nitrogen and oxygen atoms in total. The van der Waals surface area contributed by atoms with Gasteiger partial charge in [0, 0.05) is 19.8 Å². The first-order valence-electron chi connectivity index (χ1n) is 15.9. The highest BCUT2D eigenvalue weighted by Crippen LogP contribution is 2.24. The summed E-state index contributed by atoms with van der Waals surface area (Å²) < 4.78 is 10.6. The van der Waals surface area contributed by atoms with Crippen LogP contribution in [0, 0.1) is 0 Å². The van der Waals surface area contributed by atoms with Crippen molar-refractivity contribution < 1.29 is 84.2 Å². The predicted octanol–water partition coefficient (Wildman–Crippen LogP) is -9.88. The molecule has 1 rings (SSSR count). The molecule has 22 heteroatoms. The largest absolute Gasteiger partial charge is 0.548 e. The van der Waals surface area contributed by atoms with Gasteiger partial charge in [-0.05, 0) is 40.0 Å². The molecule has 0 aromatic carbocycles. The van der Waals surface area contributed by atoms with E-state index in [0.29, 0.717) is 0 Å². The van der Waals surface area contributed by atoms with Crippen LogP contribution < -0.4 is 47.6 Å². The summed E-state index contributed by atoms with van der Waals surface area (Å²) in [5, 5.41) is 75.1. The molecule has 11 N–H and O–H groups in total. The van der Waals surface area contributed by atoms with Crippen LogP contribution in [0.5, 0.6) is 0 Å². The summed E-state index contributed by atoms with van der Waals surface area (Å²) in [6.07, 6.45) is -8.88. The Morgan fingerprint density at radius 3 is 1.92 bits per heavy atom. The van der Waals surface area contributed by atoms with E-state index < -0.39 is 134 Å². The maximum Gasteiger partial charge on any atom is 0.249 e. The Bertz CT molecular complexity index is 1270. The zero-order chi connectivity index (χ0) is 39.2. The molecule has 0 bridgehead atoms. The molecule has 0 aromatic rings. The zero-order valence-corrected chi connectivity index (χ0v) is 28.4. The minimum atomic E-state index is -1.80. The van der Waals surface area contributed by atoms with E-state index in [9.17, 15) is 69.0 Å². The third kappa shape index (κ3) is 14.7. The van der Waals surface area contributed by atoms with Crippen molar-refractivity contribution >= 4 is 47.4 Å². The van der Waals surface area contributed by atoms with Crippen LogP contribution in [-0.4, -0.2) is 136 Å². The molecule has 1 aliphatic heterocycles. The van der Waals surface area contributed by atoms with Gasteiger partial charge in [0.1, 0.15) is 48.6 Å². The number of hydrogen-bond donors (Lipinski definition) is 9. The number of quaternary nitrogens is 1. The summed E-state index contributed by atoms with van der Waals surface area (Å²) in [5.74, 6) is -9.32. The number of aliphatic hydroxyl groups excluding tert-OH is 3. The van der Waals surface area contributed by atoms with Gasteiger partial charge in [-0.25, -0.2) is 0 Å². The first-order valence-corrected chi connectivity index (χ1v) is 15.9. The van der Waals surface area contributed by atoms with Gasteiger partial charge >= 0.3 is 0 Å². The van der Waals surface area contributed by atoms with E-state index in [1.54, 1.807) is 0 Å². The molecule has 11 atom stereocenters. The maximum absolute atomic E-state index is 12.8. The summed E-state index contributed by atoms with van der Waals surface area (Å²) >= 11 is 0. The normalized spacial score (nSPS) is 23.6. The lowest BCUT2D eigenvalue weighted by molar-refractivity contribution is -0.438. The van der Waals surface area contributed by atoms with Crippen molar-refractivity contribution in [3.05, 3.63) is 0 Å². The molecule has 1 aliphatic rings. The molecule has 5 amide bonds. The molecule has 0 radical (unpaired) electrons. The maximum atomic E-state index is 12.8. The van der Waals surface area contributed by atoms with Crippen molar-refractivity contribution in [3.8, 4) is 0 Å². The fraction of sp³-hybridized carbons (Fsp3) is 0.724. The van der Waals surface area contributed by atoms with Gasteiger partial charge in [0.2, 0.25) is 29.5 Å². The van der Waals surface area contributed by atoms with Crippen LogP contribution in [0.25, 0.3) is 0 Å². The van der Waals surface area contributed by atoms with Gasteiger partial charge < -0.3 is 86.8 Å². The van der Waals surface area contributed by atoms with E-state index in [2.05, 4.69) is 32.3 Å². The van der Waals surface area contributed by atoms with Crippen molar-refractivity contribution in [3.63, 3.8) is 0 Å². The number of amides is 5. The lowest BCUT2D eigenvalue weighted by Gasteiger charge is -2.43. The molecule has 51 heavy (non-hydrogen) atoms. The molecule has 290 valence electrons. The van der Waals surface area contributed by atoms with Gasteiger partial charge in [-0.15, -0.1) is 0 Å². The average molecular weight is 735 g/mol. The number of carboxylic acids is 3. The predicted molar refractivity (Wildman–Crippen MR) is 160 cm³/mol. The second kappa shape index (κ2) is 21.0. The number of ether oxygens (including phenoxy) is 2. The van der Waals surface area contributed by atoms with Gasteiger partial charge in [0.15, 0.2) is 6.29 Å². The third-order valence-corrected chi connectivity index (χ3v) is 7.73. The highest BCUT2D eigenvalue weighted by atomic mass is 16.6. The Hall–Kier alpha value is -4.48. The highest BCUT2D eigenvalue weighted by Gasteiger charge is 2.47. The van der Waals surface area contributed by atoms with Crippen LogP contribution in [0.3, 0.4) is 0 Å². The van der Waals surface area contributed by atoms with Crippen molar-refractivity contribution in [2.45, 2.75) is 127 Å². The number of nitrogens with one attached hydrogen (secondary N) is 5. The van der Waals surface area contributed by atoms with E-state index in [-0.39, 0.29) is 19.3 Å². The second-order valence-corrected chi connectivity index (χ2v) is 12.0. The Morgan fingerprint density at radius 2 is 1.39 bits per heavy atom. The molecular formula is C29H46N6O16-2. The van der Waals surface area contributed by atoms with Gasteiger partial charge in [0.05, 0.1) is 36.6 Å². The molecule has 0 aliphatic carbocycles. The molecule has 0 spiro atoms. The lowest BCUT2D eigenvalue weighted by atomic mass is 9.96. The molecule has 1 saturated heterocycles. The number of carbonyl (C=O) groups is 8. The molecule has 1 heterocycles. The summed E-state index contributed by atoms with van der Waals surface area (Å²) in [7, 11) is 0. The topological polar surface area (TPSA) is 373 Å². The smallest absolute Gasteiger partial charge is 0.249 e. The number of aliphatic carboxylic acids is 3. The van der Waals surface area contributed by atoms with Crippen molar-refractivity contribution in [1.29, 1.82) is 0 Å². The number of carbonyl (C=O) groups excluding carboxylic acids is 8.